The van der Waals surface area contributed by atoms with E-state index in [1.807, 2.05) is 20.8 Å². The number of rotatable bonds is 3. The molecule has 2 rings (SSSR count). The van der Waals surface area contributed by atoms with Gasteiger partial charge in [0.05, 0.1) is 17.9 Å². The molecule has 2 aliphatic rings. The number of sulfonamides is 1. The van der Waals surface area contributed by atoms with E-state index >= 15 is 0 Å². The summed E-state index contributed by atoms with van der Waals surface area (Å²) in [5, 5.41) is 0. The molecule has 1 saturated carbocycles. The van der Waals surface area contributed by atoms with Gasteiger partial charge in [0, 0.05) is 18.6 Å². The van der Waals surface area contributed by atoms with Crippen molar-refractivity contribution in [2.24, 2.45) is 17.1 Å². The third kappa shape index (κ3) is 2.81. The Balaban J connectivity index is 1.97. The van der Waals surface area contributed by atoms with Crippen LogP contribution in [0.5, 0.6) is 0 Å². The number of hydrogen-bond acceptors (Lipinski definition) is 4. The Hall–Kier alpha value is -0.170. The predicted molar refractivity (Wildman–Crippen MR) is 66.0 cm³/mol. The van der Waals surface area contributed by atoms with Gasteiger partial charge in [-0.3, -0.25) is 0 Å². The minimum atomic E-state index is -3.28. The van der Waals surface area contributed by atoms with Gasteiger partial charge >= 0.3 is 0 Å². The van der Waals surface area contributed by atoms with Crippen LogP contribution in [-0.2, 0) is 14.8 Å². The largest absolute Gasteiger partial charge is 0.376 e. The first-order valence-corrected chi connectivity index (χ1v) is 7.72. The quantitative estimate of drug-likeness (QED) is 0.754. The molecular formula is C11H22N2O3S. The van der Waals surface area contributed by atoms with E-state index in [9.17, 15) is 8.42 Å². The summed E-state index contributed by atoms with van der Waals surface area (Å²) in [6, 6.07) is -0.341. The van der Waals surface area contributed by atoms with Gasteiger partial charge < -0.3 is 10.5 Å². The first-order chi connectivity index (χ1) is 7.70. The van der Waals surface area contributed by atoms with Crippen LogP contribution in [0.15, 0.2) is 0 Å². The van der Waals surface area contributed by atoms with Crippen molar-refractivity contribution >= 4 is 10.0 Å². The van der Waals surface area contributed by atoms with Gasteiger partial charge in [0.1, 0.15) is 0 Å². The maximum Gasteiger partial charge on any atom is 0.212 e. The average Bonchev–Trinajstić information content (AvgIpc) is 2.54. The Morgan fingerprint density at radius 1 is 1.41 bits per heavy atom. The summed E-state index contributed by atoms with van der Waals surface area (Å²) in [6.45, 7) is 6.41. The Morgan fingerprint density at radius 2 is 2.06 bits per heavy atom. The number of nitrogens with two attached hydrogens (primary N) is 1. The molecule has 0 amide bonds. The average molecular weight is 262 g/mol. The lowest BCUT2D eigenvalue weighted by molar-refractivity contribution is -0.00930. The second-order valence-corrected chi connectivity index (χ2v) is 8.08. The van der Waals surface area contributed by atoms with Crippen LogP contribution in [0.4, 0.5) is 0 Å². The second kappa shape index (κ2) is 4.19. The van der Waals surface area contributed by atoms with Crippen molar-refractivity contribution in [1.29, 1.82) is 0 Å². The van der Waals surface area contributed by atoms with Gasteiger partial charge in [-0.2, -0.15) is 0 Å². The third-order valence-electron chi connectivity index (χ3n) is 3.39. The standard InChI is InChI=1S/C11H22N2O3S/c1-11(2,3)6-17(14,15)13-9-8(12)7-4-5-16-10(7)9/h7-10,13H,4-6,12H2,1-3H3. The fourth-order valence-corrected chi connectivity index (χ4v) is 4.64. The first kappa shape index (κ1) is 13.3. The fourth-order valence-electron chi connectivity index (χ4n) is 2.71. The predicted octanol–water partition coefficient (Wildman–Crippen LogP) is 0.0665. The Morgan fingerprint density at radius 3 is 2.65 bits per heavy atom. The highest BCUT2D eigenvalue weighted by atomic mass is 32.2. The van der Waals surface area contributed by atoms with Crippen LogP contribution in [0.1, 0.15) is 27.2 Å². The van der Waals surface area contributed by atoms with Gasteiger partial charge in [-0.15, -0.1) is 0 Å². The Labute approximate surface area is 103 Å². The molecule has 100 valence electrons. The van der Waals surface area contributed by atoms with E-state index in [0.29, 0.717) is 12.5 Å². The second-order valence-electron chi connectivity index (χ2n) is 6.33. The highest BCUT2D eigenvalue weighted by molar-refractivity contribution is 7.89. The molecule has 2 fully saturated rings. The molecule has 0 aromatic rings. The zero-order valence-corrected chi connectivity index (χ0v) is 11.5. The maximum atomic E-state index is 12.0. The summed E-state index contributed by atoms with van der Waals surface area (Å²) in [5.74, 6) is 0.443. The molecular weight excluding hydrogens is 240 g/mol. The van der Waals surface area contributed by atoms with Crippen molar-refractivity contribution in [2.75, 3.05) is 12.4 Å². The van der Waals surface area contributed by atoms with Crippen LogP contribution >= 0.6 is 0 Å². The minimum absolute atomic E-state index is 0.0141. The molecule has 0 bridgehead atoms. The molecule has 1 aliphatic heterocycles. The van der Waals surface area contributed by atoms with Crippen molar-refractivity contribution < 1.29 is 13.2 Å². The van der Waals surface area contributed by atoms with Crippen LogP contribution in [0.25, 0.3) is 0 Å². The summed E-state index contributed by atoms with van der Waals surface area (Å²) in [4.78, 5) is 0. The van der Waals surface area contributed by atoms with Crippen molar-refractivity contribution in [2.45, 2.75) is 45.4 Å². The lowest BCUT2D eigenvalue weighted by atomic mass is 9.73. The van der Waals surface area contributed by atoms with Gasteiger partial charge in [0.25, 0.3) is 0 Å². The zero-order valence-electron chi connectivity index (χ0n) is 10.6. The summed E-state index contributed by atoms with van der Waals surface area (Å²) < 4.78 is 32.1. The van der Waals surface area contributed by atoms with Crippen molar-refractivity contribution in [3.05, 3.63) is 0 Å². The number of hydrogen-bond donors (Lipinski definition) is 2. The molecule has 0 radical (unpaired) electrons. The van der Waals surface area contributed by atoms with E-state index in [1.54, 1.807) is 0 Å². The number of fused-ring (bicyclic) bond motifs is 1. The molecule has 0 aromatic heterocycles. The molecule has 3 N–H and O–H groups in total. The van der Waals surface area contributed by atoms with Crippen molar-refractivity contribution in [3.63, 3.8) is 0 Å². The van der Waals surface area contributed by atoms with Crippen LogP contribution in [0.3, 0.4) is 0 Å². The number of ether oxygens (including phenoxy) is 1. The molecule has 1 heterocycles. The van der Waals surface area contributed by atoms with Gasteiger partial charge in [-0.05, 0) is 11.8 Å². The van der Waals surface area contributed by atoms with Crippen LogP contribution in [0.2, 0.25) is 0 Å². The van der Waals surface area contributed by atoms with Crippen LogP contribution in [-0.4, -0.2) is 39.0 Å². The van der Waals surface area contributed by atoms with Gasteiger partial charge in [0.2, 0.25) is 10.0 Å². The first-order valence-electron chi connectivity index (χ1n) is 6.07. The van der Waals surface area contributed by atoms with E-state index in [0.717, 1.165) is 6.42 Å². The normalized spacial score (nSPS) is 37.6. The Bertz CT molecular complexity index is 388. The smallest absolute Gasteiger partial charge is 0.212 e. The van der Waals surface area contributed by atoms with E-state index < -0.39 is 10.0 Å². The monoisotopic (exact) mass is 262 g/mol. The molecule has 0 spiro atoms. The van der Waals surface area contributed by atoms with Gasteiger partial charge in [-0.25, -0.2) is 13.1 Å². The molecule has 0 aromatic carbocycles. The lowest BCUT2D eigenvalue weighted by Crippen LogP contribution is -2.69. The lowest BCUT2D eigenvalue weighted by Gasteiger charge is -2.45. The van der Waals surface area contributed by atoms with E-state index in [4.69, 9.17) is 10.5 Å². The van der Waals surface area contributed by atoms with E-state index in [1.165, 1.54) is 0 Å². The maximum absolute atomic E-state index is 12.0. The fraction of sp³-hybridized carbons (Fsp3) is 1.00. The molecule has 6 heteroatoms. The summed E-state index contributed by atoms with van der Waals surface area (Å²) >= 11 is 0. The summed E-state index contributed by atoms with van der Waals surface area (Å²) in [7, 11) is -3.28. The van der Waals surface area contributed by atoms with E-state index in [2.05, 4.69) is 4.72 Å². The van der Waals surface area contributed by atoms with Crippen LogP contribution < -0.4 is 10.5 Å². The molecule has 4 atom stereocenters. The van der Waals surface area contributed by atoms with Crippen molar-refractivity contribution in [1.82, 2.24) is 4.72 Å². The highest BCUT2D eigenvalue weighted by Crippen LogP contribution is 2.38. The molecule has 1 saturated heterocycles. The van der Waals surface area contributed by atoms with Gasteiger partial charge in [-0.1, -0.05) is 20.8 Å². The topological polar surface area (TPSA) is 81.4 Å². The minimum Gasteiger partial charge on any atom is -0.376 e. The molecule has 1 aliphatic carbocycles. The summed E-state index contributed by atoms with van der Waals surface area (Å²) in [5.41, 5.74) is 5.72. The molecule has 17 heavy (non-hydrogen) atoms. The van der Waals surface area contributed by atoms with Crippen molar-refractivity contribution in [3.8, 4) is 0 Å². The highest BCUT2D eigenvalue weighted by Gasteiger charge is 2.53. The molecule has 4 unspecified atom stereocenters. The third-order valence-corrected chi connectivity index (χ3v) is 5.26. The molecule has 5 nitrogen and oxygen atoms in total. The summed E-state index contributed by atoms with van der Waals surface area (Å²) in [6.07, 6.45) is 0.934. The zero-order chi connectivity index (χ0) is 12.8. The number of nitrogens with one attached hydrogen (secondary N) is 1. The Kier molecular flexibility index (Phi) is 3.27. The SMILES string of the molecule is CC(C)(C)CS(=O)(=O)NC1C(N)C2CCOC21. The van der Waals surface area contributed by atoms with Gasteiger partial charge in [0.15, 0.2) is 0 Å². The van der Waals surface area contributed by atoms with Crippen LogP contribution in [0, 0.1) is 11.3 Å². The van der Waals surface area contributed by atoms with E-state index in [-0.39, 0.29) is 29.4 Å².